The van der Waals surface area contributed by atoms with Crippen LogP contribution in [0, 0.1) is 12.3 Å². The van der Waals surface area contributed by atoms with Gasteiger partial charge < -0.3 is 0 Å². The Labute approximate surface area is 81.9 Å². The molecule has 0 aliphatic rings. The van der Waals surface area contributed by atoms with Crippen LogP contribution in [-0.2, 0) is 6.18 Å². The van der Waals surface area contributed by atoms with Crippen LogP contribution in [0.5, 0.6) is 0 Å². The maximum atomic E-state index is 12.2. The second kappa shape index (κ2) is 3.43. The van der Waals surface area contributed by atoms with Crippen molar-refractivity contribution in [3.8, 4) is 12.3 Å². The Hall–Kier alpha value is -0.950. The minimum absolute atomic E-state index is 0.210. The second-order valence-corrected chi connectivity index (χ2v) is 3.29. The van der Waals surface area contributed by atoms with Crippen LogP contribution < -0.4 is 0 Å². The number of rotatable bonds is 0. The van der Waals surface area contributed by atoms with Gasteiger partial charge in [-0.3, -0.25) is 0 Å². The smallest absolute Gasteiger partial charge is 0.166 e. The molecule has 0 atom stereocenters. The van der Waals surface area contributed by atoms with Gasteiger partial charge in [0.05, 0.1) is 5.56 Å². The molecule has 0 amide bonds. The minimum Gasteiger partial charge on any atom is -0.166 e. The third-order valence-corrected chi connectivity index (χ3v) is 1.85. The maximum absolute atomic E-state index is 12.2. The van der Waals surface area contributed by atoms with Gasteiger partial charge in [0.15, 0.2) is 0 Å². The topological polar surface area (TPSA) is 0 Å². The van der Waals surface area contributed by atoms with E-state index in [1.54, 1.807) is 0 Å². The molecule has 0 spiro atoms. The fourth-order valence-corrected chi connectivity index (χ4v) is 1.33. The molecule has 0 saturated carbocycles. The number of alkyl halides is 3. The summed E-state index contributed by atoms with van der Waals surface area (Å²) < 4.78 is 36.9. The van der Waals surface area contributed by atoms with Crippen molar-refractivity contribution in [1.82, 2.24) is 0 Å². The molecular formula is C9H4BrF3. The van der Waals surface area contributed by atoms with Gasteiger partial charge in [-0.05, 0) is 18.2 Å². The first-order valence-electron chi connectivity index (χ1n) is 3.28. The third kappa shape index (κ3) is 2.49. The lowest BCUT2D eigenvalue weighted by Gasteiger charge is -2.07. The Kier molecular flexibility index (Phi) is 2.67. The van der Waals surface area contributed by atoms with Gasteiger partial charge in [-0.2, -0.15) is 13.2 Å². The third-order valence-electron chi connectivity index (χ3n) is 1.39. The molecule has 13 heavy (non-hydrogen) atoms. The van der Waals surface area contributed by atoms with Gasteiger partial charge in [-0.1, -0.05) is 21.9 Å². The first-order chi connectivity index (χ1) is 5.93. The van der Waals surface area contributed by atoms with Crippen LogP contribution in [0.3, 0.4) is 0 Å². The van der Waals surface area contributed by atoms with Gasteiger partial charge in [0, 0.05) is 10.0 Å². The molecular weight excluding hydrogens is 245 g/mol. The van der Waals surface area contributed by atoms with Crippen molar-refractivity contribution in [3.05, 3.63) is 33.8 Å². The molecule has 0 bridgehead atoms. The van der Waals surface area contributed by atoms with E-state index in [0.29, 0.717) is 4.47 Å². The molecule has 0 saturated heterocycles. The molecule has 0 aliphatic heterocycles. The molecule has 1 aromatic rings. The Morgan fingerprint density at radius 1 is 1.23 bits per heavy atom. The van der Waals surface area contributed by atoms with Crippen molar-refractivity contribution in [1.29, 1.82) is 0 Å². The lowest BCUT2D eigenvalue weighted by molar-refractivity contribution is -0.137. The molecule has 0 heterocycles. The van der Waals surface area contributed by atoms with E-state index < -0.39 is 11.7 Å². The summed E-state index contributed by atoms with van der Waals surface area (Å²) in [4.78, 5) is 0. The maximum Gasteiger partial charge on any atom is 0.416 e. The van der Waals surface area contributed by atoms with E-state index in [4.69, 9.17) is 6.42 Å². The number of hydrogen-bond acceptors (Lipinski definition) is 0. The summed E-state index contributed by atoms with van der Waals surface area (Å²) in [5.41, 5.74) is -0.531. The highest BCUT2D eigenvalue weighted by atomic mass is 79.9. The van der Waals surface area contributed by atoms with Crippen LogP contribution in [-0.4, -0.2) is 0 Å². The number of benzene rings is 1. The Bertz CT molecular complexity index is 360. The van der Waals surface area contributed by atoms with Gasteiger partial charge in [0.2, 0.25) is 0 Å². The Morgan fingerprint density at radius 2 is 1.85 bits per heavy atom. The molecule has 0 fully saturated rings. The van der Waals surface area contributed by atoms with Crippen LogP contribution in [0.2, 0.25) is 0 Å². The van der Waals surface area contributed by atoms with Crippen molar-refractivity contribution in [3.63, 3.8) is 0 Å². The standard InChI is InChI=1S/C9H4BrF3/c1-2-6-3-7(9(11,12)13)5-8(10)4-6/h1,3-5H. The predicted molar refractivity (Wildman–Crippen MR) is 47.1 cm³/mol. The highest BCUT2D eigenvalue weighted by Gasteiger charge is 2.30. The molecule has 1 aromatic carbocycles. The highest BCUT2D eigenvalue weighted by molar-refractivity contribution is 9.10. The van der Waals surface area contributed by atoms with Gasteiger partial charge in [-0.15, -0.1) is 6.42 Å². The average Bonchev–Trinajstić information content (AvgIpc) is 2.01. The van der Waals surface area contributed by atoms with E-state index in [-0.39, 0.29) is 5.56 Å². The van der Waals surface area contributed by atoms with Gasteiger partial charge >= 0.3 is 6.18 Å². The van der Waals surface area contributed by atoms with Gasteiger partial charge in [0.25, 0.3) is 0 Å². The molecule has 0 aliphatic carbocycles. The van der Waals surface area contributed by atoms with Crippen molar-refractivity contribution in [2.75, 3.05) is 0 Å². The summed E-state index contributed by atoms with van der Waals surface area (Å²) in [6, 6.07) is 3.38. The monoisotopic (exact) mass is 248 g/mol. The Balaban J connectivity index is 3.26. The summed E-state index contributed by atoms with van der Waals surface area (Å²) in [5.74, 6) is 2.15. The molecule has 0 aromatic heterocycles. The van der Waals surface area contributed by atoms with Crippen LogP contribution in [0.1, 0.15) is 11.1 Å². The largest absolute Gasteiger partial charge is 0.416 e. The summed E-state index contributed by atoms with van der Waals surface area (Å²) in [6.07, 6.45) is 0.641. The van der Waals surface area contributed by atoms with E-state index in [1.165, 1.54) is 6.07 Å². The minimum atomic E-state index is -4.35. The normalized spacial score (nSPS) is 11.0. The average molecular weight is 249 g/mol. The lowest BCUT2D eigenvalue weighted by atomic mass is 10.1. The molecule has 1 rings (SSSR count). The first-order valence-corrected chi connectivity index (χ1v) is 4.07. The predicted octanol–water partition coefficient (Wildman–Crippen LogP) is 3.45. The van der Waals surface area contributed by atoms with Gasteiger partial charge in [0.1, 0.15) is 0 Å². The fraction of sp³-hybridized carbons (Fsp3) is 0.111. The quantitative estimate of drug-likeness (QED) is 0.618. The van der Waals surface area contributed by atoms with Crippen molar-refractivity contribution < 1.29 is 13.2 Å². The highest BCUT2D eigenvalue weighted by Crippen LogP contribution is 2.31. The summed E-state index contributed by atoms with van der Waals surface area (Å²) in [7, 11) is 0. The van der Waals surface area contributed by atoms with Crippen molar-refractivity contribution in [2.45, 2.75) is 6.18 Å². The van der Waals surface area contributed by atoms with E-state index in [1.807, 2.05) is 0 Å². The van der Waals surface area contributed by atoms with E-state index in [2.05, 4.69) is 21.9 Å². The first kappa shape index (κ1) is 10.1. The summed E-state index contributed by atoms with van der Waals surface area (Å²) in [6.45, 7) is 0. The zero-order chi connectivity index (χ0) is 10.1. The van der Waals surface area contributed by atoms with Crippen molar-refractivity contribution >= 4 is 15.9 Å². The van der Waals surface area contributed by atoms with Crippen LogP contribution in [0.15, 0.2) is 22.7 Å². The summed E-state index contributed by atoms with van der Waals surface area (Å²) >= 11 is 2.95. The molecule has 0 radical (unpaired) electrons. The number of halogens is 4. The molecule has 0 N–H and O–H groups in total. The molecule has 68 valence electrons. The number of terminal acetylenes is 1. The van der Waals surface area contributed by atoms with Crippen LogP contribution in [0.4, 0.5) is 13.2 Å². The van der Waals surface area contributed by atoms with E-state index >= 15 is 0 Å². The zero-order valence-electron chi connectivity index (χ0n) is 6.32. The Morgan fingerprint density at radius 3 is 2.31 bits per heavy atom. The zero-order valence-corrected chi connectivity index (χ0v) is 7.91. The molecule has 4 heteroatoms. The molecule has 0 nitrogen and oxygen atoms in total. The fourth-order valence-electron chi connectivity index (χ4n) is 0.837. The van der Waals surface area contributed by atoms with Crippen LogP contribution >= 0.6 is 15.9 Å². The van der Waals surface area contributed by atoms with E-state index in [0.717, 1.165) is 12.1 Å². The SMILES string of the molecule is C#Cc1cc(Br)cc(C(F)(F)F)c1. The molecule has 0 unspecified atom stereocenters. The second-order valence-electron chi connectivity index (χ2n) is 2.37. The van der Waals surface area contributed by atoms with Crippen LogP contribution in [0.25, 0.3) is 0 Å². The van der Waals surface area contributed by atoms with E-state index in [9.17, 15) is 13.2 Å². The van der Waals surface area contributed by atoms with Gasteiger partial charge in [-0.25, -0.2) is 0 Å². The summed E-state index contributed by atoms with van der Waals surface area (Å²) in [5, 5.41) is 0. The number of hydrogen-bond donors (Lipinski definition) is 0. The lowest BCUT2D eigenvalue weighted by Crippen LogP contribution is -2.04. The van der Waals surface area contributed by atoms with Crippen molar-refractivity contribution in [2.24, 2.45) is 0 Å².